The van der Waals surface area contributed by atoms with Crippen LogP contribution in [0.1, 0.15) is 0 Å². The summed E-state index contributed by atoms with van der Waals surface area (Å²) in [5.41, 5.74) is 6.40. The Balaban J connectivity index is 0.000000162. The molecule has 3 heteroatoms. The predicted octanol–water partition coefficient (Wildman–Crippen LogP) is 0.336. The van der Waals surface area contributed by atoms with Gasteiger partial charge in [-0.05, 0) is 7.05 Å². The standard InChI is InChI=1S/C3H5NS.CH5N/c1-2-5-3-4-1;1-2/h3H,1-2H2;2H2,1H3. The van der Waals surface area contributed by atoms with E-state index in [2.05, 4.69) is 10.7 Å². The van der Waals surface area contributed by atoms with E-state index in [1.165, 1.54) is 12.8 Å². The van der Waals surface area contributed by atoms with Crippen LogP contribution in [0.3, 0.4) is 0 Å². The van der Waals surface area contributed by atoms with Gasteiger partial charge < -0.3 is 5.73 Å². The molecule has 0 spiro atoms. The first kappa shape index (κ1) is 6.98. The van der Waals surface area contributed by atoms with Crippen molar-refractivity contribution in [2.45, 2.75) is 0 Å². The first-order chi connectivity index (χ1) is 3.50. The van der Waals surface area contributed by atoms with E-state index in [1.54, 1.807) is 11.8 Å². The number of hydrogen-bond donors (Lipinski definition) is 1. The minimum absolute atomic E-state index is 1.03. The van der Waals surface area contributed by atoms with Crippen molar-refractivity contribution in [2.24, 2.45) is 10.7 Å². The van der Waals surface area contributed by atoms with Crippen LogP contribution in [0.4, 0.5) is 0 Å². The first-order valence-corrected chi connectivity index (χ1v) is 3.22. The molecule has 1 heterocycles. The fourth-order valence-corrected chi connectivity index (χ4v) is 0.791. The molecule has 1 aliphatic heterocycles. The van der Waals surface area contributed by atoms with Crippen molar-refractivity contribution in [3.63, 3.8) is 0 Å². The molecule has 0 aromatic heterocycles. The second-order valence-electron chi connectivity index (χ2n) is 0.882. The van der Waals surface area contributed by atoms with Crippen molar-refractivity contribution >= 4 is 17.3 Å². The van der Waals surface area contributed by atoms with Crippen LogP contribution in [0.25, 0.3) is 0 Å². The third kappa shape index (κ3) is 3.82. The molecule has 2 N–H and O–H groups in total. The van der Waals surface area contributed by atoms with Gasteiger partial charge in [-0.15, -0.1) is 11.8 Å². The van der Waals surface area contributed by atoms with Gasteiger partial charge in [-0.2, -0.15) is 0 Å². The minimum Gasteiger partial charge on any atom is -0.333 e. The highest BCUT2D eigenvalue weighted by atomic mass is 32.2. The van der Waals surface area contributed by atoms with E-state index < -0.39 is 0 Å². The molecule has 0 aromatic rings. The lowest BCUT2D eigenvalue weighted by molar-refractivity contribution is 1.18. The Bertz CT molecular complexity index is 47.7. The largest absolute Gasteiger partial charge is 0.333 e. The lowest BCUT2D eigenvalue weighted by atomic mass is 10.8. The van der Waals surface area contributed by atoms with E-state index in [-0.39, 0.29) is 0 Å². The first-order valence-electron chi connectivity index (χ1n) is 2.18. The van der Waals surface area contributed by atoms with Gasteiger partial charge in [0.05, 0.1) is 5.55 Å². The van der Waals surface area contributed by atoms with Crippen molar-refractivity contribution in [1.29, 1.82) is 0 Å². The summed E-state index contributed by atoms with van der Waals surface area (Å²) < 4.78 is 0. The molecule has 7 heavy (non-hydrogen) atoms. The quantitative estimate of drug-likeness (QED) is 0.498. The van der Waals surface area contributed by atoms with E-state index in [0.717, 1.165) is 6.54 Å². The summed E-state index contributed by atoms with van der Waals surface area (Å²) in [6.07, 6.45) is 0. The molecule has 0 amide bonds. The van der Waals surface area contributed by atoms with Crippen LogP contribution in [0.15, 0.2) is 4.99 Å². The zero-order valence-corrected chi connectivity index (χ0v) is 5.24. The lowest BCUT2D eigenvalue weighted by Gasteiger charge is -1.67. The van der Waals surface area contributed by atoms with E-state index >= 15 is 0 Å². The smallest absolute Gasteiger partial charge is 0.0542 e. The molecule has 1 rings (SSSR count). The predicted molar refractivity (Wildman–Crippen MR) is 35.9 cm³/mol. The maximum Gasteiger partial charge on any atom is 0.0542 e. The van der Waals surface area contributed by atoms with Crippen molar-refractivity contribution in [1.82, 2.24) is 0 Å². The van der Waals surface area contributed by atoms with Crippen LogP contribution in [0.2, 0.25) is 0 Å². The van der Waals surface area contributed by atoms with Crippen molar-refractivity contribution in [3.8, 4) is 0 Å². The van der Waals surface area contributed by atoms with Gasteiger partial charge in [-0.1, -0.05) is 0 Å². The van der Waals surface area contributed by atoms with Gasteiger partial charge in [0.15, 0.2) is 0 Å². The number of rotatable bonds is 0. The number of aliphatic imine (C=N–C) groups is 1. The molecule has 0 unspecified atom stereocenters. The maximum absolute atomic E-state index is 4.50. The summed E-state index contributed by atoms with van der Waals surface area (Å²) >= 11 is 1.78. The highest BCUT2D eigenvalue weighted by molar-refractivity contribution is 8.12. The Morgan fingerprint density at radius 3 is 2.57 bits per heavy atom. The van der Waals surface area contributed by atoms with E-state index in [1.807, 2.05) is 5.55 Å². The molecule has 0 aliphatic carbocycles. The highest BCUT2D eigenvalue weighted by Gasteiger charge is 1.86. The van der Waals surface area contributed by atoms with Crippen LogP contribution >= 0.6 is 11.8 Å². The Morgan fingerprint density at radius 1 is 1.71 bits per heavy atom. The molecule has 0 bridgehead atoms. The van der Waals surface area contributed by atoms with E-state index in [0.29, 0.717) is 0 Å². The molecule has 42 valence electrons. The Kier molecular flexibility index (Phi) is 5.96. The van der Waals surface area contributed by atoms with Crippen LogP contribution in [-0.4, -0.2) is 24.9 Å². The molecular formula is C4H10N2S. The van der Waals surface area contributed by atoms with Gasteiger partial charge in [-0.25, -0.2) is 0 Å². The van der Waals surface area contributed by atoms with Gasteiger partial charge in [0.25, 0.3) is 0 Å². The van der Waals surface area contributed by atoms with Crippen LogP contribution in [0.5, 0.6) is 0 Å². The topological polar surface area (TPSA) is 38.4 Å². The zero-order valence-electron chi connectivity index (χ0n) is 4.42. The fraction of sp³-hybridized carbons (Fsp3) is 0.750. The number of thioether (sulfide) groups is 1. The molecule has 2 nitrogen and oxygen atoms in total. The van der Waals surface area contributed by atoms with Gasteiger partial charge in [0.2, 0.25) is 0 Å². The maximum atomic E-state index is 4.50. The summed E-state index contributed by atoms with van der Waals surface area (Å²) in [5, 5.41) is 0. The van der Waals surface area contributed by atoms with Crippen molar-refractivity contribution in [3.05, 3.63) is 0 Å². The van der Waals surface area contributed by atoms with Crippen molar-refractivity contribution in [2.75, 3.05) is 19.3 Å². The minimum atomic E-state index is 1.03. The normalized spacial score (nSPS) is 15.7. The molecule has 0 atom stereocenters. The van der Waals surface area contributed by atoms with Gasteiger partial charge in [0, 0.05) is 12.3 Å². The van der Waals surface area contributed by atoms with Gasteiger partial charge in [-0.3, -0.25) is 4.99 Å². The molecular weight excluding hydrogens is 108 g/mol. The summed E-state index contributed by atoms with van der Waals surface area (Å²) in [6.45, 7) is 1.03. The van der Waals surface area contributed by atoms with Crippen LogP contribution in [-0.2, 0) is 0 Å². The Labute approximate surface area is 48.2 Å². The Morgan fingerprint density at radius 2 is 2.43 bits per heavy atom. The van der Waals surface area contributed by atoms with Gasteiger partial charge >= 0.3 is 0 Å². The monoisotopic (exact) mass is 118 g/mol. The van der Waals surface area contributed by atoms with Crippen LogP contribution in [0, 0.1) is 0 Å². The van der Waals surface area contributed by atoms with Gasteiger partial charge in [0.1, 0.15) is 0 Å². The van der Waals surface area contributed by atoms with Crippen LogP contribution < -0.4 is 5.73 Å². The van der Waals surface area contributed by atoms with Crippen molar-refractivity contribution < 1.29 is 0 Å². The number of nitrogens with zero attached hydrogens (tertiary/aromatic N) is 1. The third-order valence-corrected chi connectivity index (χ3v) is 1.20. The molecule has 0 fully saturated rings. The summed E-state index contributed by atoms with van der Waals surface area (Å²) in [6, 6.07) is 0. The summed E-state index contributed by atoms with van der Waals surface area (Å²) in [4.78, 5) is 3.92. The molecule has 0 radical (unpaired) electrons. The van der Waals surface area contributed by atoms with E-state index in [9.17, 15) is 0 Å². The Hall–Kier alpha value is -0.0200. The lowest BCUT2D eigenvalue weighted by Crippen LogP contribution is -1.69. The molecule has 0 aromatic carbocycles. The average Bonchev–Trinajstić information content (AvgIpc) is 2.23. The fourth-order valence-electron chi connectivity index (χ4n) is 0.264. The molecule has 0 saturated heterocycles. The summed E-state index contributed by atoms with van der Waals surface area (Å²) in [7, 11) is 1.50. The second-order valence-corrected chi connectivity index (χ2v) is 1.83. The number of hydrogen-bond acceptors (Lipinski definition) is 3. The summed E-state index contributed by atoms with van der Waals surface area (Å²) in [5.74, 6) is 1.19. The number of nitrogens with two attached hydrogens (primary N) is 1. The van der Waals surface area contributed by atoms with E-state index in [4.69, 9.17) is 0 Å². The SMILES string of the molecule is C1=NCCS1.CN. The average molecular weight is 118 g/mol. The highest BCUT2D eigenvalue weighted by Crippen LogP contribution is 1.99. The third-order valence-electron chi connectivity index (χ3n) is 0.487. The molecule has 1 aliphatic rings. The second kappa shape index (κ2) is 5.98. The molecule has 0 saturated carbocycles. The zero-order chi connectivity index (χ0) is 5.54.